The van der Waals surface area contributed by atoms with Crippen LogP contribution in [0.5, 0.6) is 0 Å². The maximum Gasteiger partial charge on any atom is 0.328 e. The van der Waals surface area contributed by atoms with Crippen LogP contribution in [-0.2, 0) is 25.3 Å². The van der Waals surface area contributed by atoms with Gasteiger partial charge in [-0.15, -0.1) is 6.58 Å². The molecule has 2 aromatic rings. The van der Waals surface area contributed by atoms with Crippen LogP contribution in [0, 0.1) is 0 Å². The lowest BCUT2D eigenvalue weighted by Crippen LogP contribution is -2.24. The third-order valence-corrected chi connectivity index (χ3v) is 3.14. The van der Waals surface area contributed by atoms with Crippen molar-refractivity contribution in [1.82, 2.24) is 14.5 Å². The molecule has 19 heavy (non-hydrogen) atoms. The van der Waals surface area contributed by atoms with E-state index >= 15 is 0 Å². The summed E-state index contributed by atoms with van der Waals surface area (Å²) in [6.07, 6.45) is 1.94. The molecule has 0 spiro atoms. The lowest BCUT2D eigenvalue weighted by Gasteiger charge is -2.03. The Morgan fingerprint density at radius 3 is 2.68 bits per heavy atom. The molecule has 1 aromatic carbocycles. The summed E-state index contributed by atoms with van der Waals surface area (Å²) < 4.78 is 3.18. The van der Waals surface area contributed by atoms with E-state index in [9.17, 15) is 9.59 Å². The molecular formula is C14H17N3O2. The topological polar surface area (TPSA) is 56.0 Å². The van der Waals surface area contributed by atoms with Gasteiger partial charge in [0.15, 0.2) is 0 Å². The molecule has 0 saturated carbocycles. The first kappa shape index (κ1) is 13.1. The van der Waals surface area contributed by atoms with Crippen LogP contribution in [0.1, 0.15) is 5.56 Å². The molecule has 1 aromatic heterocycles. The Morgan fingerprint density at radius 1 is 1.32 bits per heavy atom. The molecule has 0 saturated heterocycles. The van der Waals surface area contributed by atoms with E-state index in [1.807, 2.05) is 18.2 Å². The van der Waals surface area contributed by atoms with Crippen molar-refractivity contribution in [2.24, 2.45) is 14.1 Å². The highest BCUT2D eigenvalue weighted by Gasteiger charge is 2.09. The summed E-state index contributed by atoms with van der Waals surface area (Å²) in [6.45, 7) is 4.01. The number of carbonyl (C=O) groups excluding carboxylic acids is 1. The second-order valence-electron chi connectivity index (χ2n) is 4.49. The normalized spacial score (nSPS) is 10.6. The molecule has 0 aliphatic heterocycles. The number of hydrogen-bond acceptors (Lipinski definition) is 2. The molecule has 0 aliphatic carbocycles. The maximum atomic E-state index is 11.8. The number of fused-ring (bicyclic) bond motifs is 1. The van der Waals surface area contributed by atoms with E-state index in [4.69, 9.17) is 0 Å². The molecule has 0 bridgehead atoms. The highest BCUT2D eigenvalue weighted by atomic mass is 16.2. The third-order valence-electron chi connectivity index (χ3n) is 3.14. The maximum absolute atomic E-state index is 11.8. The summed E-state index contributed by atoms with van der Waals surface area (Å²) in [5, 5.41) is 2.73. The number of aromatic nitrogens is 2. The molecule has 0 unspecified atom stereocenters. The lowest BCUT2D eigenvalue weighted by atomic mass is 10.1. The molecule has 5 heteroatoms. The number of rotatable bonds is 4. The first-order valence-electron chi connectivity index (χ1n) is 6.06. The summed E-state index contributed by atoms with van der Waals surface area (Å²) in [5.41, 5.74) is 2.52. The first-order chi connectivity index (χ1) is 9.04. The minimum atomic E-state index is -0.0664. The van der Waals surface area contributed by atoms with Crippen LogP contribution >= 0.6 is 0 Å². The number of hydrogen-bond donors (Lipinski definition) is 1. The molecule has 0 fully saturated rings. The van der Waals surface area contributed by atoms with Gasteiger partial charge in [-0.25, -0.2) is 4.79 Å². The molecule has 5 nitrogen and oxygen atoms in total. The highest BCUT2D eigenvalue weighted by Crippen LogP contribution is 2.14. The monoisotopic (exact) mass is 259 g/mol. The van der Waals surface area contributed by atoms with E-state index in [2.05, 4.69) is 11.9 Å². The predicted octanol–water partition coefficient (Wildman–Crippen LogP) is 0.722. The lowest BCUT2D eigenvalue weighted by molar-refractivity contribution is -0.120. The molecule has 1 N–H and O–H groups in total. The summed E-state index contributed by atoms with van der Waals surface area (Å²) >= 11 is 0. The standard InChI is InChI=1S/C14H17N3O2/c1-4-7-15-13(18)9-10-5-6-11-12(8-10)17(3)14(19)16(11)2/h4-6,8H,1,7,9H2,2-3H3,(H,15,18). The van der Waals surface area contributed by atoms with E-state index < -0.39 is 0 Å². The van der Waals surface area contributed by atoms with Crippen molar-refractivity contribution in [1.29, 1.82) is 0 Å². The van der Waals surface area contributed by atoms with Gasteiger partial charge >= 0.3 is 5.69 Å². The van der Waals surface area contributed by atoms with Gasteiger partial charge in [-0.05, 0) is 17.7 Å². The van der Waals surface area contributed by atoms with Crippen molar-refractivity contribution >= 4 is 16.9 Å². The minimum Gasteiger partial charge on any atom is -0.352 e. The predicted molar refractivity (Wildman–Crippen MR) is 75.1 cm³/mol. The van der Waals surface area contributed by atoms with Gasteiger partial charge in [0.2, 0.25) is 5.91 Å². The van der Waals surface area contributed by atoms with Crippen molar-refractivity contribution in [3.8, 4) is 0 Å². The zero-order chi connectivity index (χ0) is 14.0. The van der Waals surface area contributed by atoms with Crippen molar-refractivity contribution in [3.05, 3.63) is 46.9 Å². The van der Waals surface area contributed by atoms with E-state index in [0.717, 1.165) is 16.6 Å². The zero-order valence-corrected chi connectivity index (χ0v) is 11.1. The highest BCUT2D eigenvalue weighted by molar-refractivity contribution is 5.82. The Hall–Kier alpha value is -2.30. The van der Waals surface area contributed by atoms with E-state index in [1.165, 1.54) is 0 Å². The van der Waals surface area contributed by atoms with Gasteiger partial charge in [0.1, 0.15) is 0 Å². The van der Waals surface area contributed by atoms with Crippen molar-refractivity contribution in [2.45, 2.75) is 6.42 Å². The molecule has 0 aliphatic rings. The summed E-state index contributed by atoms with van der Waals surface area (Å²) in [4.78, 5) is 23.4. The number of aryl methyl sites for hydroxylation is 2. The van der Waals surface area contributed by atoms with E-state index in [1.54, 1.807) is 29.3 Å². The molecule has 0 atom stereocenters. The van der Waals surface area contributed by atoms with E-state index in [-0.39, 0.29) is 11.6 Å². The summed E-state index contributed by atoms with van der Waals surface area (Å²) in [6, 6.07) is 5.62. The first-order valence-corrected chi connectivity index (χ1v) is 6.06. The number of imidazole rings is 1. The van der Waals surface area contributed by atoms with Gasteiger partial charge in [-0.2, -0.15) is 0 Å². The van der Waals surface area contributed by atoms with E-state index in [0.29, 0.717) is 13.0 Å². The van der Waals surface area contributed by atoms with Gasteiger partial charge in [0.05, 0.1) is 17.5 Å². The fraction of sp³-hybridized carbons (Fsp3) is 0.286. The Morgan fingerprint density at radius 2 is 2.00 bits per heavy atom. The van der Waals surface area contributed by atoms with Crippen molar-refractivity contribution < 1.29 is 4.79 Å². The Kier molecular flexibility index (Phi) is 3.55. The van der Waals surface area contributed by atoms with Crippen LogP contribution in [0.4, 0.5) is 0 Å². The SMILES string of the molecule is C=CCNC(=O)Cc1ccc2c(c1)n(C)c(=O)n2C. The van der Waals surface area contributed by atoms with Gasteiger partial charge in [-0.3, -0.25) is 13.9 Å². The van der Waals surface area contributed by atoms with Crippen LogP contribution in [-0.4, -0.2) is 21.6 Å². The van der Waals surface area contributed by atoms with Gasteiger partial charge in [0.25, 0.3) is 0 Å². The van der Waals surface area contributed by atoms with Crippen molar-refractivity contribution in [3.63, 3.8) is 0 Å². The van der Waals surface area contributed by atoms with Crippen LogP contribution in [0.3, 0.4) is 0 Å². The Labute approximate surface area is 111 Å². The number of benzene rings is 1. The molecule has 0 radical (unpaired) electrons. The van der Waals surface area contributed by atoms with Gasteiger partial charge in [0, 0.05) is 20.6 Å². The molecule has 100 valence electrons. The summed E-state index contributed by atoms with van der Waals surface area (Å²) in [7, 11) is 3.47. The third kappa shape index (κ3) is 2.45. The average molecular weight is 259 g/mol. The fourth-order valence-electron chi connectivity index (χ4n) is 2.10. The number of amides is 1. The van der Waals surface area contributed by atoms with Gasteiger partial charge in [-0.1, -0.05) is 12.1 Å². The largest absolute Gasteiger partial charge is 0.352 e. The molecule has 1 heterocycles. The average Bonchev–Trinajstić information content (AvgIpc) is 2.61. The molecule has 2 rings (SSSR count). The molecule has 1 amide bonds. The second-order valence-corrected chi connectivity index (χ2v) is 4.49. The molecular weight excluding hydrogens is 242 g/mol. The fourth-order valence-corrected chi connectivity index (χ4v) is 2.10. The van der Waals surface area contributed by atoms with Crippen LogP contribution in [0.15, 0.2) is 35.6 Å². The quantitative estimate of drug-likeness (QED) is 0.823. The summed E-state index contributed by atoms with van der Waals surface area (Å²) in [5.74, 6) is -0.0554. The minimum absolute atomic E-state index is 0.0554. The number of nitrogens with zero attached hydrogens (tertiary/aromatic N) is 2. The Bertz CT molecular complexity index is 695. The van der Waals surface area contributed by atoms with Gasteiger partial charge < -0.3 is 5.32 Å². The smallest absolute Gasteiger partial charge is 0.328 e. The van der Waals surface area contributed by atoms with Crippen LogP contribution in [0.25, 0.3) is 11.0 Å². The van der Waals surface area contributed by atoms with Crippen LogP contribution in [0.2, 0.25) is 0 Å². The zero-order valence-electron chi connectivity index (χ0n) is 11.1. The second kappa shape index (κ2) is 5.14. The van der Waals surface area contributed by atoms with Crippen molar-refractivity contribution in [2.75, 3.05) is 6.54 Å². The Balaban J connectivity index is 2.32. The van der Waals surface area contributed by atoms with Crippen LogP contribution < -0.4 is 11.0 Å². The number of carbonyl (C=O) groups is 1. The number of nitrogens with one attached hydrogen (secondary N) is 1.